The summed E-state index contributed by atoms with van der Waals surface area (Å²) in [6, 6.07) is 8.15. The van der Waals surface area contributed by atoms with Crippen LogP contribution < -0.4 is 0 Å². The molecule has 0 atom stereocenters. The fourth-order valence-electron chi connectivity index (χ4n) is 3.25. The number of carbonyl (C=O) groups excluding carboxylic acids is 1. The summed E-state index contributed by atoms with van der Waals surface area (Å²) in [6.07, 6.45) is 5.76. The number of amides is 1. The van der Waals surface area contributed by atoms with Crippen LogP contribution in [0, 0.1) is 0 Å². The van der Waals surface area contributed by atoms with Gasteiger partial charge in [0.15, 0.2) is 5.82 Å². The third-order valence-electron chi connectivity index (χ3n) is 5.02. The van der Waals surface area contributed by atoms with Crippen molar-refractivity contribution < 1.29 is 9.32 Å². The second-order valence-electron chi connectivity index (χ2n) is 7.20. The summed E-state index contributed by atoms with van der Waals surface area (Å²) in [5, 5.41) is 4.04. The number of hydrogen-bond acceptors (Lipinski definition) is 4. The zero-order valence-electron chi connectivity index (χ0n) is 14.2. The average Bonchev–Trinajstić information content (AvgIpc) is 3.27. The molecule has 2 saturated carbocycles. The zero-order chi connectivity index (χ0) is 16.7. The van der Waals surface area contributed by atoms with Crippen LogP contribution in [0.5, 0.6) is 0 Å². The topological polar surface area (TPSA) is 59.2 Å². The van der Waals surface area contributed by atoms with Gasteiger partial charge in [-0.05, 0) is 70.2 Å². The first kappa shape index (κ1) is 15.4. The molecule has 0 radical (unpaired) electrons. The Morgan fingerprint density at radius 3 is 2.42 bits per heavy atom. The van der Waals surface area contributed by atoms with Gasteiger partial charge in [-0.25, -0.2) is 0 Å². The predicted molar refractivity (Wildman–Crippen MR) is 90.7 cm³/mol. The zero-order valence-corrected chi connectivity index (χ0v) is 14.2. The van der Waals surface area contributed by atoms with Gasteiger partial charge in [-0.2, -0.15) is 4.98 Å². The standard InChI is InChI=1S/C19H23N3O2/c1-12(2)22(16-4-3-5-16)19(23)15-10-8-14(9-11-15)18-20-17(21-24-18)13-6-7-13/h8-13,16H,3-7H2,1-2H3. The largest absolute Gasteiger partial charge is 0.334 e. The molecule has 0 N–H and O–H groups in total. The van der Waals surface area contributed by atoms with E-state index in [1.165, 1.54) is 6.42 Å². The van der Waals surface area contributed by atoms with E-state index in [0.717, 1.165) is 42.6 Å². The average molecular weight is 325 g/mol. The van der Waals surface area contributed by atoms with Crippen molar-refractivity contribution in [3.05, 3.63) is 35.7 Å². The van der Waals surface area contributed by atoms with Gasteiger partial charge in [-0.3, -0.25) is 4.79 Å². The summed E-state index contributed by atoms with van der Waals surface area (Å²) in [6.45, 7) is 4.17. The van der Waals surface area contributed by atoms with E-state index in [1.807, 2.05) is 29.2 Å². The summed E-state index contributed by atoms with van der Waals surface area (Å²) >= 11 is 0. The van der Waals surface area contributed by atoms with Gasteiger partial charge < -0.3 is 9.42 Å². The Hall–Kier alpha value is -2.17. The maximum Gasteiger partial charge on any atom is 0.257 e. The quantitative estimate of drug-likeness (QED) is 0.833. The Bertz CT molecular complexity index is 727. The van der Waals surface area contributed by atoms with Crippen LogP contribution in [0.2, 0.25) is 0 Å². The molecule has 126 valence electrons. The van der Waals surface area contributed by atoms with Crippen molar-refractivity contribution in [2.75, 3.05) is 0 Å². The highest BCUT2D eigenvalue weighted by atomic mass is 16.5. The molecule has 0 saturated heterocycles. The fraction of sp³-hybridized carbons (Fsp3) is 0.526. The van der Waals surface area contributed by atoms with Crippen LogP contribution in [-0.4, -0.2) is 33.0 Å². The van der Waals surface area contributed by atoms with Crippen molar-refractivity contribution in [2.24, 2.45) is 0 Å². The van der Waals surface area contributed by atoms with Crippen molar-refractivity contribution in [2.45, 2.75) is 64.0 Å². The molecule has 1 aromatic heterocycles. The summed E-state index contributed by atoms with van der Waals surface area (Å²) in [7, 11) is 0. The van der Waals surface area contributed by atoms with Crippen molar-refractivity contribution in [3.63, 3.8) is 0 Å². The van der Waals surface area contributed by atoms with Crippen LogP contribution in [0.1, 0.15) is 68.1 Å². The smallest absolute Gasteiger partial charge is 0.257 e. The number of carbonyl (C=O) groups is 1. The minimum atomic E-state index is 0.116. The van der Waals surface area contributed by atoms with Crippen molar-refractivity contribution in [3.8, 4) is 11.5 Å². The van der Waals surface area contributed by atoms with E-state index in [4.69, 9.17) is 4.52 Å². The Balaban J connectivity index is 1.52. The first-order valence-electron chi connectivity index (χ1n) is 8.90. The van der Waals surface area contributed by atoms with Gasteiger partial charge >= 0.3 is 0 Å². The van der Waals surface area contributed by atoms with Gasteiger partial charge in [0.25, 0.3) is 11.8 Å². The number of aromatic nitrogens is 2. The highest BCUT2D eigenvalue weighted by Gasteiger charge is 2.31. The molecule has 0 spiro atoms. The third kappa shape index (κ3) is 2.83. The minimum absolute atomic E-state index is 0.116. The minimum Gasteiger partial charge on any atom is -0.334 e. The molecule has 2 aromatic rings. The lowest BCUT2D eigenvalue weighted by Gasteiger charge is -2.40. The predicted octanol–water partition coefficient (Wildman–Crippen LogP) is 4.02. The Morgan fingerprint density at radius 1 is 1.17 bits per heavy atom. The molecule has 0 unspecified atom stereocenters. The first-order chi connectivity index (χ1) is 11.6. The molecule has 2 aliphatic rings. The van der Waals surface area contributed by atoms with E-state index in [-0.39, 0.29) is 11.9 Å². The molecule has 4 rings (SSSR count). The van der Waals surface area contributed by atoms with E-state index in [2.05, 4.69) is 24.0 Å². The monoisotopic (exact) mass is 325 g/mol. The normalized spacial score (nSPS) is 17.8. The third-order valence-corrected chi connectivity index (χ3v) is 5.02. The van der Waals surface area contributed by atoms with Crippen LogP contribution in [0.25, 0.3) is 11.5 Å². The molecule has 1 amide bonds. The Labute approximate surface area is 142 Å². The summed E-state index contributed by atoms with van der Waals surface area (Å²) in [5.74, 6) is 1.94. The lowest BCUT2D eigenvalue weighted by Crippen LogP contribution is -2.48. The highest BCUT2D eigenvalue weighted by molar-refractivity contribution is 5.95. The van der Waals surface area contributed by atoms with Crippen LogP contribution in [-0.2, 0) is 0 Å². The van der Waals surface area contributed by atoms with Crippen LogP contribution in [0.15, 0.2) is 28.8 Å². The second-order valence-corrected chi connectivity index (χ2v) is 7.20. The maximum atomic E-state index is 12.8. The van der Waals surface area contributed by atoms with Gasteiger partial charge in [0.2, 0.25) is 0 Å². The van der Waals surface area contributed by atoms with Gasteiger partial charge in [-0.1, -0.05) is 5.16 Å². The van der Waals surface area contributed by atoms with E-state index in [9.17, 15) is 4.79 Å². The number of rotatable bonds is 5. The molecule has 5 nitrogen and oxygen atoms in total. The lowest BCUT2D eigenvalue weighted by atomic mass is 9.90. The van der Waals surface area contributed by atoms with E-state index >= 15 is 0 Å². The molecule has 2 fully saturated rings. The van der Waals surface area contributed by atoms with Crippen LogP contribution >= 0.6 is 0 Å². The Kier molecular flexibility index (Phi) is 3.87. The summed E-state index contributed by atoms with van der Waals surface area (Å²) < 4.78 is 5.35. The molecular formula is C19H23N3O2. The summed E-state index contributed by atoms with van der Waals surface area (Å²) in [5.41, 5.74) is 1.59. The maximum absolute atomic E-state index is 12.8. The second kappa shape index (κ2) is 6.04. The molecule has 1 aromatic carbocycles. The van der Waals surface area contributed by atoms with E-state index in [1.54, 1.807) is 0 Å². The SMILES string of the molecule is CC(C)N(C(=O)c1ccc(-c2nc(C3CC3)no2)cc1)C1CCC1. The Morgan fingerprint density at radius 2 is 1.88 bits per heavy atom. The highest BCUT2D eigenvalue weighted by Crippen LogP contribution is 2.38. The van der Waals surface area contributed by atoms with Gasteiger partial charge in [0, 0.05) is 29.1 Å². The van der Waals surface area contributed by atoms with Crippen LogP contribution in [0.3, 0.4) is 0 Å². The molecule has 0 aliphatic heterocycles. The van der Waals surface area contributed by atoms with Crippen molar-refractivity contribution in [1.29, 1.82) is 0 Å². The van der Waals surface area contributed by atoms with Crippen LogP contribution in [0.4, 0.5) is 0 Å². The van der Waals surface area contributed by atoms with Crippen molar-refractivity contribution >= 4 is 5.91 Å². The molecular weight excluding hydrogens is 302 g/mol. The van der Waals surface area contributed by atoms with Gasteiger partial charge in [0.05, 0.1) is 0 Å². The van der Waals surface area contributed by atoms with Gasteiger partial charge in [0.1, 0.15) is 0 Å². The number of nitrogens with zero attached hydrogens (tertiary/aromatic N) is 3. The van der Waals surface area contributed by atoms with Crippen molar-refractivity contribution in [1.82, 2.24) is 15.0 Å². The first-order valence-corrected chi connectivity index (χ1v) is 8.90. The molecule has 5 heteroatoms. The molecule has 0 bridgehead atoms. The fourth-order valence-corrected chi connectivity index (χ4v) is 3.25. The van der Waals surface area contributed by atoms with E-state index < -0.39 is 0 Å². The van der Waals surface area contributed by atoms with Gasteiger partial charge in [-0.15, -0.1) is 0 Å². The molecule has 24 heavy (non-hydrogen) atoms. The number of hydrogen-bond donors (Lipinski definition) is 0. The summed E-state index contributed by atoms with van der Waals surface area (Å²) in [4.78, 5) is 19.3. The lowest BCUT2D eigenvalue weighted by molar-refractivity contribution is 0.0489. The molecule has 2 aliphatic carbocycles. The molecule has 1 heterocycles. The van der Waals surface area contributed by atoms with E-state index in [0.29, 0.717) is 17.9 Å². The number of benzene rings is 1.